The summed E-state index contributed by atoms with van der Waals surface area (Å²) in [5.41, 5.74) is 1.07. The number of quaternary nitrogens is 1. The smallest absolute Gasteiger partial charge is 0.243 e. The molecule has 27 heavy (non-hydrogen) atoms. The van der Waals surface area contributed by atoms with Crippen molar-refractivity contribution in [1.82, 2.24) is 4.31 Å². The number of fused-ring (bicyclic) bond motifs is 1. The largest absolute Gasteiger partial charge is 0.486 e. The van der Waals surface area contributed by atoms with Crippen molar-refractivity contribution in [2.45, 2.75) is 11.4 Å². The van der Waals surface area contributed by atoms with Crippen molar-refractivity contribution in [3.8, 4) is 11.5 Å². The minimum Gasteiger partial charge on any atom is -0.486 e. The highest BCUT2D eigenvalue weighted by atomic mass is 35.5. The van der Waals surface area contributed by atoms with E-state index in [2.05, 4.69) is 0 Å². The van der Waals surface area contributed by atoms with Crippen LogP contribution in [-0.2, 0) is 16.6 Å². The highest BCUT2D eigenvalue weighted by Gasteiger charge is 2.30. The number of sulfonamides is 1. The lowest BCUT2D eigenvalue weighted by Gasteiger charge is -2.31. The quantitative estimate of drug-likeness (QED) is 0.824. The van der Waals surface area contributed by atoms with Crippen LogP contribution in [0.2, 0.25) is 5.02 Å². The van der Waals surface area contributed by atoms with E-state index in [1.54, 1.807) is 28.6 Å². The summed E-state index contributed by atoms with van der Waals surface area (Å²) in [7, 11) is -3.41. The lowest BCUT2D eigenvalue weighted by molar-refractivity contribution is -0.917. The molecule has 0 unspecified atom stereocenters. The van der Waals surface area contributed by atoms with Crippen LogP contribution in [0.15, 0.2) is 47.4 Å². The van der Waals surface area contributed by atoms with E-state index in [4.69, 9.17) is 21.1 Å². The minimum atomic E-state index is -3.41. The van der Waals surface area contributed by atoms with Gasteiger partial charge >= 0.3 is 0 Å². The van der Waals surface area contributed by atoms with E-state index >= 15 is 0 Å². The van der Waals surface area contributed by atoms with Crippen molar-refractivity contribution in [2.75, 3.05) is 39.4 Å². The van der Waals surface area contributed by atoms with Crippen molar-refractivity contribution in [1.29, 1.82) is 0 Å². The normalized spacial score (nSPS) is 18.4. The molecule has 0 amide bonds. The van der Waals surface area contributed by atoms with E-state index in [0.29, 0.717) is 47.7 Å². The van der Waals surface area contributed by atoms with Gasteiger partial charge in [-0.05, 0) is 24.3 Å². The van der Waals surface area contributed by atoms with Gasteiger partial charge in [0.05, 0.1) is 36.1 Å². The molecule has 0 aliphatic carbocycles. The highest BCUT2D eigenvalue weighted by molar-refractivity contribution is 7.89. The number of nitrogens with zero attached hydrogens (tertiary/aromatic N) is 1. The van der Waals surface area contributed by atoms with E-state index < -0.39 is 10.0 Å². The number of piperazine rings is 1. The Morgan fingerprint density at radius 3 is 2.48 bits per heavy atom. The third-order valence-electron chi connectivity index (χ3n) is 4.92. The zero-order chi connectivity index (χ0) is 18.9. The van der Waals surface area contributed by atoms with E-state index in [1.807, 2.05) is 18.2 Å². The van der Waals surface area contributed by atoms with Crippen LogP contribution in [0.25, 0.3) is 0 Å². The standard InChI is InChI=1S/C19H21ClN2O4S/c20-17-12-15(13-18-19(17)26-11-10-25-18)14-21-6-8-22(9-7-21)27(23,24)16-4-2-1-3-5-16/h1-5,12-13H,6-11,14H2/p+1. The summed E-state index contributed by atoms with van der Waals surface area (Å²) in [5, 5.41) is 0.562. The average molecular weight is 410 g/mol. The molecule has 0 aromatic heterocycles. The van der Waals surface area contributed by atoms with Crippen molar-refractivity contribution >= 4 is 21.6 Å². The Morgan fingerprint density at radius 2 is 1.74 bits per heavy atom. The average Bonchev–Trinajstić information content (AvgIpc) is 2.69. The maximum Gasteiger partial charge on any atom is 0.243 e. The second-order valence-electron chi connectivity index (χ2n) is 6.75. The Balaban J connectivity index is 1.41. The Kier molecular flexibility index (Phi) is 5.27. The predicted octanol–water partition coefficient (Wildman–Crippen LogP) is 1.20. The van der Waals surface area contributed by atoms with Crippen LogP contribution >= 0.6 is 11.6 Å². The molecule has 2 aliphatic heterocycles. The Bertz CT molecular complexity index is 913. The molecule has 2 aromatic carbocycles. The summed E-state index contributed by atoms with van der Waals surface area (Å²) < 4.78 is 38.2. The van der Waals surface area contributed by atoms with Crippen LogP contribution < -0.4 is 14.4 Å². The maximum absolute atomic E-state index is 12.7. The van der Waals surface area contributed by atoms with Crippen LogP contribution in [0, 0.1) is 0 Å². The fraction of sp³-hybridized carbons (Fsp3) is 0.368. The summed E-state index contributed by atoms with van der Waals surface area (Å²) in [6.07, 6.45) is 0. The molecule has 0 atom stereocenters. The molecular weight excluding hydrogens is 388 g/mol. The lowest BCUT2D eigenvalue weighted by atomic mass is 10.1. The molecule has 2 heterocycles. The molecule has 6 nitrogen and oxygen atoms in total. The van der Waals surface area contributed by atoms with Gasteiger partial charge in [0.15, 0.2) is 11.5 Å². The second-order valence-corrected chi connectivity index (χ2v) is 9.09. The van der Waals surface area contributed by atoms with Gasteiger partial charge in [0.25, 0.3) is 0 Å². The molecule has 1 N–H and O–H groups in total. The van der Waals surface area contributed by atoms with E-state index in [1.165, 1.54) is 4.90 Å². The molecule has 1 fully saturated rings. The fourth-order valence-electron chi connectivity index (χ4n) is 3.52. The summed E-state index contributed by atoms with van der Waals surface area (Å²) in [6.45, 7) is 4.31. The topological polar surface area (TPSA) is 60.3 Å². The number of nitrogens with one attached hydrogen (secondary N) is 1. The van der Waals surface area contributed by atoms with Crippen molar-refractivity contribution in [3.63, 3.8) is 0 Å². The molecule has 0 spiro atoms. The number of rotatable bonds is 4. The molecule has 8 heteroatoms. The van der Waals surface area contributed by atoms with Crippen LogP contribution in [0.5, 0.6) is 11.5 Å². The van der Waals surface area contributed by atoms with Crippen molar-refractivity contribution in [3.05, 3.63) is 53.1 Å². The van der Waals surface area contributed by atoms with Gasteiger partial charge in [-0.1, -0.05) is 29.8 Å². The van der Waals surface area contributed by atoms with Gasteiger partial charge < -0.3 is 14.4 Å². The van der Waals surface area contributed by atoms with Crippen LogP contribution in [-0.4, -0.2) is 52.1 Å². The zero-order valence-corrected chi connectivity index (χ0v) is 16.4. The van der Waals surface area contributed by atoms with Crippen LogP contribution in [0.1, 0.15) is 5.56 Å². The first kappa shape index (κ1) is 18.6. The molecular formula is C19H22ClN2O4S+. The molecule has 2 aromatic rings. The van der Waals surface area contributed by atoms with Crippen molar-refractivity contribution in [2.24, 2.45) is 0 Å². The highest BCUT2D eigenvalue weighted by Crippen LogP contribution is 2.38. The number of benzene rings is 2. The summed E-state index contributed by atoms with van der Waals surface area (Å²) in [5.74, 6) is 1.30. The zero-order valence-electron chi connectivity index (χ0n) is 14.9. The van der Waals surface area contributed by atoms with Crippen LogP contribution in [0.3, 0.4) is 0 Å². The number of ether oxygens (including phenoxy) is 2. The van der Waals surface area contributed by atoms with Crippen LogP contribution in [0.4, 0.5) is 0 Å². The maximum atomic E-state index is 12.7. The van der Waals surface area contributed by atoms with Gasteiger partial charge in [0.2, 0.25) is 10.0 Å². The van der Waals surface area contributed by atoms with Gasteiger partial charge in [0, 0.05) is 5.56 Å². The molecule has 0 bridgehead atoms. The van der Waals surface area contributed by atoms with E-state index in [0.717, 1.165) is 25.2 Å². The fourth-order valence-corrected chi connectivity index (χ4v) is 5.27. The molecule has 144 valence electrons. The molecule has 0 saturated carbocycles. The number of halogens is 1. The SMILES string of the molecule is O=S(=O)(c1ccccc1)N1CC[NH+](Cc2cc(Cl)c3c(c2)OCCO3)CC1. The third kappa shape index (κ3) is 3.91. The molecule has 1 saturated heterocycles. The summed E-state index contributed by atoms with van der Waals surface area (Å²) in [6, 6.07) is 12.5. The number of hydrogen-bond acceptors (Lipinski definition) is 4. The van der Waals surface area contributed by atoms with Gasteiger partial charge in [0.1, 0.15) is 19.8 Å². The first-order valence-electron chi connectivity index (χ1n) is 9.01. The minimum absolute atomic E-state index is 0.354. The van der Waals surface area contributed by atoms with Gasteiger partial charge in [-0.25, -0.2) is 8.42 Å². The summed E-state index contributed by atoms with van der Waals surface area (Å²) >= 11 is 6.31. The Labute approximate surface area is 164 Å². The predicted molar refractivity (Wildman–Crippen MR) is 102 cm³/mol. The van der Waals surface area contributed by atoms with Gasteiger partial charge in [-0.2, -0.15) is 4.31 Å². The van der Waals surface area contributed by atoms with Gasteiger partial charge in [-0.3, -0.25) is 0 Å². The lowest BCUT2D eigenvalue weighted by Crippen LogP contribution is -3.13. The first-order chi connectivity index (χ1) is 13.0. The Morgan fingerprint density at radius 1 is 1.04 bits per heavy atom. The number of hydrogen-bond donors (Lipinski definition) is 1. The molecule has 0 radical (unpaired) electrons. The Hall–Kier alpha value is -1.80. The van der Waals surface area contributed by atoms with Crippen molar-refractivity contribution < 1.29 is 22.8 Å². The molecule has 2 aliphatic rings. The monoisotopic (exact) mass is 409 g/mol. The first-order valence-corrected chi connectivity index (χ1v) is 10.8. The second kappa shape index (κ2) is 7.67. The van der Waals surface area contributed by atoms with E-state index in [-0.39, 0.29) is 0 Å². The third-order valence-corrected chi connectivity index (χ3v) is 7.11. The van der Waals surface area contributed by atoms with E-state index in [9.17, 15) is 8.42 Å². The van der Waals surface area contributed by atoms with Gasteiger partial charge in [-0.15, -0.1) is 0 Å². The summed E-state index contributed by atoms with van der Waals surface area (Å²) in [4.78, 5) is 1.68. The molecule has 4 rings (SSSR count).